The molecule has 0 aromatic heterocycles. The van der Waals surface area contributed by atoms with Gasteiger partial charge in [0.2, 0.25) is 0 Å². The monoisotopic (exact) mass is 301 g/mol. The number of aliphatic hydroxyl groups is 1. The molecule has 0 saturated carbocycles. The second-order valence-corrected chi connectivity index (χ2v) is 5.46. The molecule has 0 aromatic rings. The van der Waals surface area contributed by atoms with Gasteiger partial charge in [-0.25, -0.2) is 9.45 Å². The zero-order valence-electron chi connectivity index (χ0n) is 11.1. The predicted molar refractivity (Wildman–Crippen MR) is 68.4 cm³/mol. The Bertz CT molecular complexity index is 262. The maximum atomic E-state index is 11.6. The lowest BCUT2D eigenvalue weighted by molar-refractivity contribution is -0.301. The molecule has 0 aromatic carbocycles. The van der Waals surface area contributed by atoms with Gasteiger partial charge in [-0.2, -0.15) is 0 Å². The van der Waals surface area contributed by atoms with Gasteiger partial charge < -0.3 is 15.7 Å². The van der Waals surface area contributed by atoms with Crippen LogP contribution in [0.2, 0.25) is 0 Å². The molecule has 0 spiro atoms. The van der Waals surface area contributed by atoms with E-state index in [1.54, 1.807) is 0 Å². The molecule has 0 heterocycles. The minimum atomic E-state index is -4.28. The van der Waals surface area contributed by atoms with Gasteiger partial charge in [0.1, 0.15) is 12.2 Å². The molecule has 0 aliphatic rings. The number of phosphoric acid groups is 1. The van der Waals surface area contributed by atoms with Crippen molar-refractivity contribution in [1.82, 2.24) is 0 Å². The summed E-state index contributed by atoms with van der Waals surface area (Å²) in [7, 11) is -4.28. The minimum Gasteiger partial charge on any atom is -0.393 e. The molecule has 9 heteroatoms. The Morgan fingerprint density at radius 1 is 1.32 bits per heavy atom. The van der Waals surface area contributed by atoms with Crippen LogP contribution in [-0.4, -0.2) is 47.2 Å². The summed E-state index contributed by atoms with van der Waals surface area (Å²) in [5.41, 5.74) is 5.16. The molecule has 0 bridgehead atoms. The summed E-state index contributed by atoms with van der Waals surface area (Å²) in [6.07, 6.45) is 0.877. The van der Waals surface area contributed by atoms with Gasteiger partial charge in [-0.3, -0.25) is 14.3 Å². The highest BCUT2D eigenvalue weighted by Crippen LogP contribution is 2.45. The SMILES string of the molecule is CCCCCC(OP(=O)(O)OCCN)[C@H](CO)OO. The first-order valence-corrected chi connectivity index (χ1v) is 7.77. The van der Waals surface area contributed by atoms with Crippen LogP contribution in [-0.2, 0) is 18.5 Å². The number of rotatable bonds is 12. The van der Waals surface area contributed by atoms with Crippen molar-refractivity contribution in [2.45, 2.75) is 44.8 Å². The van der Waals surface area contributed by atoms with Crippen molar-refractivity contribution in [1.29, 1.82) is 0 Å². The summed E-state index contributed by atoms with van der Waals surface area (Å²) in [4.78, 5) is 13.5. The second kappa shape index (κ2) is 10.7. The Morgan fingerprint density at radius 2 is 2.00 bits per heavy atom. The third kappa shape index (κ3) is 8.67. The van der Waals surface area contributed by atoms with Crippen LogP contribution >= 0.6 is 7.82 Å². The number of phosphoric ester groups is 1. The summed E-state index contributed by atoms with van der Waals surface area (Å²) in [6, 6.07) is 0. The maximum absolute atomic E-state index is 11.6. The van der Waals surface area contributed by atoms with Crippen LogP contribution in [0, 0.1) is 0 Å². The highest BCUT2D eigenvalue weighted by Gasteiger charge is 2.32. The molecule has 3 atom stereocenters. The summed E-state index contributed by atoms with van der Waals surface area (Å²) in [5.74, 6) is 0. The Balaban J connectivity index is 4.50. The third-order valence-electron chi connectivity index (χ3n) is 2.46. The van der Waals surface area contributed by atoms with E-state index in [-0.39, 0.29) is 13.2 Å². The number of aliphatic hydroxyl groups excluding tert-OH is 1. The number of hydrogen-bond acceptors (Lipinski definition) is 7. The molecule has 0 aliphatic heterocycles. The molecule has 2 unspecified atom stereocenters. The van der Waals surface area contributed by atoms with Crippen molar-refractivity contribution >= 4 is 7.82 Å². The number of hydrogen-bond donors (Lipinski definition) is 4. The van der Waals surface area contributed by atoms with Crippen molar-refractivity contribution in [3.63, 3.8) is 0 Å². The molecule has 19 heavy (non-hydrogen) atoms. The van der Waals surface area contributed by atoms with Crippen LogP contribution in [0.5, 0.6) is 0 Å². The molecule has 5 N–H and O–H groups in total. The lowest BCUT2D eigenvalue weighted by Gasteiger charge is -2.25. The highest BCUT2D eigenvalue weighted by molar-refractivity contribution is 7.47. The zero-order chi connectivity index (χ0) is 14.7. The fraction of sp³-hybridized carbons (Fsp3) is 1.00. The van der Waals surface area contributed by atoms with Crippen molar-refractivity contribution in [3.05, 3.63) is 0 Å². The van der Waals surface area contributed by atoms with Gasteiger partial charge in [-0.15, -0.1) is 0 Å². The quantitative estimate of drug-likeness (QED) is 0.181. The van der Waals surface area contributed by atoms with E-state index >= 15 is 0 Å². The van der Waals surface area contributed by atoms with E-state index in [1.807, 2.05) is 6.92 Å². The van der Waals surface area contributed by atoms with Crippen molar-refractivity contribution < 1.29 is 33.8 Å². The molecule has 0 fully saturated rings. The van der Waals surface area contributed by atoms with E-state index in [9.17, 15) is 9.46 Å². The van der Waals surface area contributed by atoms with Crippen LogP contribution in [0.3, 0.4) is 0 Å². The topological polar surface area (TPSA) is 131 Å². The van der Waals surface area contributed by atoms with E-state index in [1.165, 1.54) is 0 Å². The summed E-state index contributed by atoms with van der Waals surface area (Å²) >= 11 is 0. The van der Waals surface area contributed by atoms with Gasteiger partial charge in [0, 0.05) is 6.54 Å². The smallest absolute Gasteiger partial charge is 0.393 e. The standard InChI is InChI=1S/C10H24NO7P/c1-2-3-4-5-9(10(8-12)17-13)18-19(14,15)16-7-6-11/h9-10,12-13H,2-8,11H2,1H3,(H,14,15)/t9?,10-/m0/s1. The first kappa shape index (κ1) is 18.9. The summed E-state index contributed by atoms with van der Waals surface area (Å²) < 4.78 is 21.1. The van der Waals surface area contributed by atoms with Crippen molar-refractivity contribution in [2.24, 2.45) is 5.73 Å². The van der Waals surface area contributed by atoms with E-state index in [0.29, 0.717) is 12.8 Å². The van der Waals surface area contributed by atoms with E-state index in [4.69, 9.17) is 20.6 Å². The van der Waals surface area contributed by atoms with Crippen LogP contribution < -0.4 is 5.73 Å². The maximum Gasteiger partial charge on any atom is 0.472 e. The summed E-state index contributed by atoms with van der Waals surface area (Å²) in [5, 5.41) is 17.7. The Hall–Kier alpha value is -0.0500. The van der Waals surface area contributed by atoms with Gasteiger partial charge in [0.05, 0.1) is 13.2 Å². The van der Waals surface area contributed by atoms with Crippen LogP contribution in [0.25, 0.3) is 0 Å². The molecular formula is C10H24NO7P. The lowest BCUT2D eigenvalue weighted by atomic mass is 10.1. The zero-order valence-corrected chi connectivity index (χ0v) is 12.0. The molecule has 0 rings (SSSR count). The fourth-order valence-corrected chi connectivity index (χ4v) is 2.47. The summed E-state index contributed by atoms with van der Waals surface area (Å²) in [6.45, 7) is 1.42. The van der Waals surface area contributed by atoms with E-state index in [0.717, 1.165) is 12.8 Å². The predicted octanol–water partition coefficient (Wildman–Crippen LogP) is 0.878. The van der Waals surface area contributed by atoms with Gasteiger partial charge >= 0.3 is 7.82 Å². The van der Waals surface area contributed by atoms with Crippen LogP contribution in [0.4, 0.5) is 0 Å². The molecule has 0 saturated heterocycles. The normalized spacial score (nSPS) is 17.9. The molecule has 0 aliphatic carbocycles. The number of nitrogens with two attached hydrogens (primary N) is 1. The van der Waals surface area contributed by atoms with Gasteiger partial charge in [0.25, 0.3) is 0 Å². The van der Waals surface area contributed by atoms with Gasteiger partial charge in [0.15, 0.2) is 0 Å². The third-order valence-corrected chi connectivity index (χ3v) is 3.51. The largest absolute Gasteiger partial charge is 0.472 e. The molecular weight excluding hydrogens is 277 g/mol. The fourth-order valence-electron chi connectivity index (χ4n) is 1.49. The number of unbranched alkanes of at least 4 members (excludes halogenated alkanes) is 2. The molecule has 0 radical (unpaired) electrons. The molecule has 0 amide bonds. The molecule has 8 nitrogen and oxygen atoms in total. The highest BCUT2D eigenvalue weighted by atomic mass is 31.2. The Kier molecular flexibility index (Phi) is 10.7. The Labute approximate surface area is 113 Å². The first-order chi connectivity index (χ1) is 9.00. The van der Waals surface area contributed by atoms with E-state index in [2.05, 4.69) is 9.41 Å². The average molecular weight is 301 g/mol. The minimum absolute atomic E-state index is 0.0777. The second-order valence-electron chi connectivity index (χ2n) is 4.06. The van der Waals surface area contributed by atoms with Crippen LogP contribution in [0.1, 0.15) is 32.6 Å². The first-order valence-electron chi connectivity index (χ1n) is 6.27. The lowest BCUT2D eigenvalue weighted by Crippen LogP contribution is -2.33. The average Bonchev–Trinajstić information content (AvgIpc) is 2.37. The van der Waals surface area contributed by atoms with Crippen LogP contribution in [0.15, 0.2) is 0 Å². The van der Waals surface area contributed by atoms with Gasteiger partial charge in [-0.05, 0) is 6.42 Å². The molecule has 116 valence electrons. The van der Waals surface area contributed by atoms with Crippen molar-refractivity contribution in [2.75, 3.05) is 19.8 Å². The Morgan fingerprint density at radius 3 is 2.47 bits per heavy atom. The van der Waals surface area contributed by atoms with Crippen molar-refractivity contribution in [3.8, 4) is 0 Å². The van der Waals surface area contributed by atoms with E-state index < -0.39 is 26.6 Å². The van der Waals surface area contributed by atoms with Gasteiger partial charge in [-0.1, -0.05) is 26.2 Å².